The van der Waals surface area contributed by atoms with E-state index in [4.69, 9.17) is 10.5 Å². The van der Waals surface area contributed by atoms with Crippen molar-refractivity contribution >= 4 is 18.3 Å². The van der Waals surface area contributed by atoms with E-state index in [1.165, 1.54) is 12.1 Å². The molecule has 124 valence electrons. The minimum atomic E-state index is -4.36. The molecule has 1 saturated heterocycles. The second kappa shape index (κ2) is 7.80. The number of halogens is 4. The summed E-state index contributed by atoms with van der Waals surface area (Å²) in [5, 5.41) is 0. The van der Waals surface area contributed by atoms with Crippen LogP contribution in [0.25, 0.3) is 0 Å². The van der Waals surface area contributed by atoms with Gasteiger partial charge >= 0.3 is 6.18 Å². The molecule has 1 atom stereocenters. The second-order valence-electron chi connectivity index (χ2n) is 4.94. The van der Waals surface area contributed by atoms with Gasteiger partial charge in [0.15, 0.2) is 0 Å². The Balaban J connectivity index is 0.00000242. The number of carbonyl (C=O) groups is 1. The van der Waals surface area contributed by atoms with E-state index in [0.29, 0.717) is 31.8 Å². The van der Waals surface area contributed by atoms with Gasteiger partial charge in [-0.3, -0.25) is 4.79 Å². The van der Waals surface area contributed by atoms with E-state index < -0.39 is 11.7 Å². The van der Waals surface area contributed by atoms with Crippen molar-refractivity contribution in [3.8, 4) is 0 Å². The molecule has 0 aliphatic carbocycles. The molecule has 2 N–H and O–H groups in total. The van der Waals surface area contributed by atoms with Crippen LogP contribution in [0.4, 0.5) is 13.2 Å². The molecule has 1 aliphatic heterocycles. The Hall–Kier alpha value is -1.31. The number of carbonyl (C=O) groups excluding carboxylic acids is 1. The Morgan fingerprint density at radius 3 is 2.50 bits per heavy atom. The predicted octanol–water partition coefficient (Wildman–Crippen LogP) is 1.86. The van der Waals surface area contributed by atoms with Crippen LogP contribution in [0.1, 0.15) is 11.1 Å². The molecule has 0 spiro atoms. The third-order valence-electron chi connectivity index (χ3n) is 3.39. The average molecular weight is 339 g/mol. The van der Waals surface area contributed by atoms with Gasteiger partial charge in [-0.25, -0.2) is 0 Å². The lowest BCUT2D eigenvalue weighted by molar-refractivity contribution is -0.137. The number of alkyl halides is 3. The van der Waals surface area contributed by atoms with Gasteiger partial charge < -0.3 is 15.4 Å². The van der Waals surface area contributed by atoms with Gasteiger partial charge in [0.25, 0.3) is 0 Å². The molecule has 0 radical (unpaired) electrons. The van der Waals surface area contributed by atoms with Crippen molar-refractivity contribution in [1.82, 2.24) is 4.90 Å². The highest BCUT2D eigenvalue weighted by molar-refractivity contribution is 5.85. The van der Waals surface area contributed by atoms with E-state index in [1.807, 2.05) is 0 Å². The van der Waals surface area contributed by atoms with Gasteiger partial charge in [0, 0.05) is 19.6 Å². The number of benzene rings is 1. The van der Waals surface area contributed by atoms with Crippen LogP contribution in [0.5, 0.6) is 0 Å². The number of morpholine rings is 1. The molecule has 1 aromatic carbocycles. The fourth-order valence-electron chi connectivity index (χ4n) is 2.19. The zero-order chi connectivity index (χ0) is 15.5. The van der Waals surface area contributed by atoms with Crippen molar-refractivity contribution < 1.29 is 22.7 Å². The van der Waals surface area contributed by atoms with E-state index in [1.54, 1.807) is 4.90 Å². The molecule has 4 nitrogen and oxygen atoms in total. The molecule has 1 aliphatic rings. The maximum absolute atomic E-state index is 12.5. The Kier molecular flexibility index (Phi) is 6.65. The molecular formula is C14H18ClF3N2O2. The first-order chi connectivity index (χ1) is 9.90. The Morgan fingerprint density at radius 2 is 1.95 bits per heavy atom. The monoisotopic (exact) mass is 338 g/mol. The second-order valence-corrected chi connectivity index (χ2v) is 4.94. The summed E-state index contributed by atoms with van der Waals surface area (Å²) < 4.78 is 42.7. The highest BCUT2D eigenvalue weighted by atomic mass is 35.5. The molecule has 1 unspecified atom stereocenters. The van der Waals surface area contributed by atoms with Gasteiger partial charge in [0.2, 0.25) is 5.91 Å². The first-order valence-electron chi connectivity index (χ1n) is 6.65. The van der Waals surface area contributed by atoms with Crippen molar-refractivity contribution in [3.05, 3.63) is 35.4 Å². The molecular weight excluding hydrogens is 321 g/mol. The zero-order valence-electron chi connectivity index (χ0n) is 11.8. The van der Waals surface area contributed by atoms with Crippen molar-refractivity contribution in [2.45, 2.75) is 18.7 Å². The van der Waals surface area contributed by atoms with Crippen molar-refractivity contribution in [1.29, 1.82) is 0 Å². The van der Waals surface area contributed by atoms with E-state index in [9.17, 15) is 18.0 Å². The smallest absolute Gasteiger partial charge is 0.373 e. The molecule has 1 heterocycles. The largest absolute Gasteiger partial charge is 0.416 e. The molecule has 1 fully saturated rings. The summed E-state index contributed by atoms with van der Waals surface area (Å²) in [6.45, 7) is 1.68. The molecule has 0 bridgehead atoms. The highest BCUT2D eigenvalue weighted by Crippen LogP contribution is 2.29. The minimum Gasteiger partial charge on any atom is -0.373 e. The Bertz CT molecular complexity index is 494. The SMILES string of the molecule is Cl.NCC1CN(C(=O)Cc2ccc(C(F)(F)F)cc2)CCO1. The minimum absolute atomic E-state index is 0. The number of ether oxygens (including phenoxy) is 1. The quantitative estimate of drug-likeness (QED) is 0.915. The number of rotatable bonds is 3. The van der Waals surface area contributed by atoms with Crippen LogP contribution in [0.3, 0.4) is 0 Å². The van der Waals surface area contributed by atoms with E-state index >= 15 is 0 Å². The maximum Gasteiger partial charge on any atom is 0.416 e. The van der Waals surface area contributed by atoms with Gasteiger partial charge in [-0.05, 0) is 17.7 Å². The zero-order valence-corrected chi connectivity index (χ0v) is 12.6. The van der Waals surface area contributed by atoms with Crippen LogP contribution >= 0.6 is 12.4 Å². The number of nitrogens with two attached hydrogens (primary N) is 1. The van der Waals surface area contributed by atoms with Gasteiger partial charge in [-0.1, -0.05) is 12.1 Å². The summed E-state index contributed by atoms with van der Waals surface area (Å²) >= 11 is 0. The summed E-state index contributed by atoms with van der Waals surface area (Å²) in [5.74, 6) is -0.128. The molecule has 1 amide bonds. The third-order valence-corrected chi connectivity index (χ3v) is 3.39. The first kappa shape index (κ1) is 18.7. The molecule has 0 aromatic heterocycles. The van der Waals surface area contributed by atoms with Crippen LogP contribution in [0.2, 0.25) is 0 Å². The average Bonchev–Trinajstić information content (AvgIpc) is 2.47. The van der Waals surface area contributed by atoms with Crippen LogP contribution in [-0.2, 0) is 22.1 Å². The standard InChI is InChI=1S/C14H17F3N2O2.ClH/c15-14(16,17)11-3-1-10(2-4-11)7-13(20)19-5-6-21-12(8-18)9-19;/h1-4,12H,5-9,18H2;1H. The van der Waals surface area contributed by atoms with Crippen molar-refractivity contribution in [2.24, 2.45) is 5.73 Å². The molecule has 8 heteroatoms. The van der Waals surface area contributed by atoms with Gasteiger partial charge in [-0.15, -0.1) is 12.4 Å². The van der Waals surface area contributed by atoms with E-state index in [-0.39, 0.29) is 30.8 Å². The van der Waals surface area contributed by atoms with Crippen LogP contribution in [0, 0.1) is 0 Å². The molecule has 1 aromatic rings. The van der Waals surface area contributed by atoms with Crippen LogP contribution in [0.15, 0.2) is 24.3 Å². The fraction of sp³-hybridized carbons (Fsp3) is 0.500. The lowest BCUT2D eigenvalue weighted by atomic mass is 10.1. The number of amides is 1. The topological polar surface area (TPSA) is 55.6 Å². The summed E-state index contributed by atoms with van der Waals surface area (Å²) in [4.78, 5) is 13.8. The summed E-state index contributed by atoms with van der Waals surface area (Å²) in [6.07, 6.45) is -4.45. The third kappa shape index (κ3) is 4.86. The fourth-order valence-corrected chi connectivity index (χ4v) is 2.19. The summed E-state index contributed by atoms with van der Waals surface area (Å²) in [5.41, 5.74) is 5.35. The Morgan fingerprint density at radius 1 is 1.32 bits per heavy atom. The van der Waals surface area contributed by atoms with E-state index in [2.05, 4.69) is 0 Å². The molecule has 22 heavy (non-hydrogen) atoms. The van der Waals surface area contributed by atoms with Gasteiger partial charge in [-0.2, -0.15) is 13.2 Å². The van der Waals surface area contributed by atoms with Crippen LogP contribution in [-0.4, -0.2) is 43.2 Å². The van der Waals surface area contributed by atoms with E-state index in [0.717, 1.165) is 12.1 Å². The lowest BCUT2D eigenvalue weighted by Gasteiger charge is -2.32. The summed E-state index contributed by atoms with van der Waals surface area (Å²) in [7, 11) is 0. The number of nitrogens with zero attached hydrogens (tertiary/aromatic N) is 1. The van der Waals surface area contributed by atoms with Crippen LogP contribution < -0.4 is 5.73 Å². The van der Waals surface area contributed by atoms with Crippen molar-refractivity contribution in [3.63, 3.8) is 0 Å². The number of hydrogen-bond donors (Lipinski definition) is 1. The lowest BCUT2D eigenvalue weighted by Crippen LogP contribution is -2.48. The highest BCUT2D eigenvalue weighted by Gasteiger charge is 2.30. The predicted molar refractivity (Wildman–Crippen MR) is 77.8 cm³/mol. The van der Waals surface area contributed by atoms with Gasteiger partial charge in [0.05, 0.1) is 24.7 Å². The molecule has 2 rings (SSSR count). The number of hydrogen-bond acceptors (Lipinski definition) is 3. The first-order valence-corrected chi connectivity index (χ1v) is 6.65. The normalized spacial score (nSPS) is 18.7. The maximum atomic E-state index is 12.5. The van der Waals surface area contributed by atoms with Gasteiger partial charge in [0.1, 0.15) is 0 Å². The Labute approximate surface area is 132 Å². The van der Waals surface area contributed by atoms with Crippen molar-refractivity contribution in [2.75, 3.05) is 26.2 Å². The summed E-state index contributed by atoms with van der Waals surface area (Å²) in [6, 6.07) is 4.65. The molecule has 0 saturated carbocycles.